The molecule has 1 unspecified atom stereocenters. The molecule has 0 aliphatic heterocycles. The van der Waals surface area contributed by atoms with Crippen molar-refractivity contribution in [2.24, 2.45) is 0 Å². The molecule has 5 nitrogen and oxygen atoms in total. The fourth-order valence-corrected chi connectivity index (χ4v) is 3.52. The number of aromatic nitrogens is 2. The van der Waals surface area contributed by atoms with Crippen molar-refractivity contribution in [2.45, 2.75) is 26.1 Å². The molecule has 174 valence electrons. The Kier molecular flexibility index (Phi) is 10.7. The summed E-state index contributed by atoms with van der Waals surface area (Å²) in [6.07, 6.45) is 5.10. The molecule has 0 saturated heterocycles. The van der Waals surface area contributed by atoms with E-state index in [4.69, 9.17) is 32.7 Å². The van der Waals surface area contributed by atoms with Crippen molar-refractivity contribution in [1.82, 2.24) is 4.57 Å². The predicted octanol–water partition coefficient (Wildman–Crippen LogP) is 1.65. The van der Waals surface area contributed by atoms with Gasteiger partial charge in [0.05, 0.1) is 0 Å². The van der Waals surface area contributed by atoms with E-state index >= 15 is 0 Å². The highest BCUT2D eigenvalue weighted by Gasteiger charge is 2.20. The van der Waals surface area contributed by atoms with Crippen LogP contribution in [0.3, 0.4) is 0 Å². The van der Waals surface area contributed by atoms with Crippen LogP contribution < -0.4 is 21.7 Å². The normalized spacial score (nSPS) is 11.2. The average molecular weight is 512 g/mol. The van der Waals surface area contributed by atoms with Gasteiger partial charge in [-0.05, 0) is 43.3 Å². The summed E-state index contributed by atoms with van der Waals surface area (Å²) >= 11 is 12.4. The zero-order valence-corrected chi connectivity index (χ0v) is 20.1. The summed E-state index contributed by atoms with van der Waals surface area (Å²) in [4.78, 5) is 12.3. The summed E-state index contributed by atoms with van der Waals surface area (Å²) < 4.78 is 27.9. The maximum atomic E-state index is 12.9. The minimum absolute atomic E-state index is 0. The zero-order chi connectivity index (χ0) is 22.9. The second-order valence-corrected chi connectivity index (χ2v) is 7.80. The summed E-state index contributed by atoms with van der Waals surface area (Å²) in [5, 5.41) is 1.06. The molecule has 3 rings (SSSR count). The highest BCUT2D eigenvalue weighted by atomic mass is 35.5. The molecule has 1 aromatic heterocycles. The highest BCUT2D eigenvalue weighted by Crippen LogP contribution is 2.28. The number of rotatable bonds is 10. The van der Waals surface area contributed by atoms with Gasteiger partial charge < -0.3 is 21.9 Å². The minimum atomic E-state index is -0.357. The van der Waals surface area contributed by atoms with Crippen LogP contribution in [0.25, 0.3) is 0 Å². The maximum absolute atomic E-state index is 12.9. The SMILES string of the molecule is CC#CCOC(C[n+]1ccn(CC(=O)COc2ccc(F)cc2)c1)c1ccc(Cl)cc1Cl.[Cl-]. The van der Waals surface area contributed by atoms with E-state index in [-0.39, 0.29) is 49.9 Å². The monoisotopic (exact) mass is 510 g/mol. The first-order chi connectivity index (χ1) is 15.4. The smallest absolute Gasteiger partial charge is 0.244 e. The van der Waals surface area contributed by atoms with Gasteiger partial charge in [-0.25, -0.2) is 13.5 Å². The summed E-state index contributed by atoms with van der Waals surface area (Å²) in [5.74, 6) is 5.66. The van der Waals surface area contributed by atoms with Crippen LogP contribution in [0.1, 0.15) is 18.6 Å². The number of ether oxygens (including phenoxy) is 2. The molecule has 9 heteroatoms. The molecule has 0 saturated carbocycles. The Hall–Kier alpha value is -2.56. The van der Waals surface area contributed by atoms with Gasteiger partial charge in [-0.2, -0.15) is 0 Å². The van der Waals surface area contributed by atoms with E-state index in [9.17, 15) is 9.18 Å². The Labute approximate surface area is 208 Å². The molecule has 0 bridgehead atoms. The zero-order valence-electron chi connectivity index (χ0n) is 17.8. The molecule has 1 atom stereocenters. The lowest BCUT2D eigenvalue weighted by atomic mass is 10.1. The van der Waals surface area contributed by atoms with E-state index in [1.54, 1.807) is 29.8 Å². The van der Waals surface area contributed by atoms with E-state index in [1.807, 2.05) is 23.2 Å². The van der Waals surface area contributed by atoms with Gasteiger partial charge in [0.1, 0.15) is 43.2 Å². The Bertz CT molecular complexity index is 1120. The first kappa shape index (κ1) is 26.7. The van der Waals surface area contributed by atoms with Gasteiger partial charge in [-0.1, -0.05) is 35.2 Å². The standard InChI is InChI=1S/C24H22Cl2FN2O3.ClH/c1-2-3-12-31-24(22-9-4-18(25)13-23(22)26)15-29-11-10-28(17-29)14-20(30)16-32-21-7-5-19(27)6-8-21;/h4-11,13,17,24H,12,14-16H2,1H3;1H/q+1;/p-1. The molecule has 0 amide bonds. The fraction of sp³-hybridized carbons (Fsp3) is 0.250. The fourth-order valence-electron chi connectivity index (χ4n) is 2.99. The van der Waals surface area contributed by atoms with Crippen LogP contribution in [0.2, 0.25) is 10.0 Å². The number of hydrogen-bond donors (Lipinski definition) is 0. The van der Waals surface area contributed by atoms with Crippen molar-refractivity contribution in [3.8, 4) is 17.6 Å². The number of carbonyl (C=O) groups is 1. The quantitative estimate of drug-likeness (QED) is 0.307. The molecular weight excluding hydrogens is 490 g/mol. The van der Waals surface area contributed by atoms with Gasteiger partial charge in [0.25, 0.3) is 0 Å². The maximum Gasteiger partial charge on any atom is 0.244 e. The van der Waals surface area contributed by atoms with Crippen LogP contribution in [-0.4, -0.2) is 23.6 Å². The third kappa shape index (κ3) is 8.38. The van der Waals surface area contributed by atoms with Gasteiger partial charge in [-0.15, -0.1) is 5.92 Å². The van der Waals surface area contributed by atoms with Crippen LogP contribution >= 0.6 is 23.2 Å². The van der Waals surface area contributed by atoms with Gasteiger partial charge >= 0.3 is 0 Å². The summed E-state index contributed by atoms with van der Waals surface area (Å²) in [5.41, 5.74) is 0.804. The minimum Gasteiger partial charge on any atom is -1.00 e. The molecule has 0 fully saturated rings. The van der Waals surface area contributed by atoms with E-state index in [1.165, 1.54) is 24.3 Å². The highest BCUT2D eigenvalue weighted by molar-refractivity contribution is 6.35. The van der Waals surface area contributed by atoms with Gasteiger partial charge in [0, 0.05) is 15.6 Å². The lowest BCUT2D eigenvalue weighted by Crippen LogP contribution is -3.00. The van der Waals surface area contributed by atoms with Crippen molar-refractivity contribution in [2.75, 3.05) is 13.2 Å². The number of Topliss-reactive ketones (excluding diaryl/α,β-unsaturated/α-hetero) is 1. The van der Waals surface area contributed by atoms with E-state index in [0.717, 1.165) is 5.56 Å². The number of carbonyl (C=O) groups excluding carboxylic acids is 1. The summed E-state index contributed by atoms with van der Waals surface area (Å²) in [6.45, 7) is 2.52. The summed E-state index contributed by atoms with van der Waals surface area (Å²) in [6, 6.07) is 10.8. The molecule has 2 aromatic carbocycles. The second-order valence-electron chi connectivity index (χ2n) is 6.96. The third-order valence-corrected chi connectivity index (χ3v) is 5.10. The van der Waals surface area contributed by atoms with Crippen molar-refractivity contribution in [3.05, 3.63) is 82.6 Å². The Morgan fingerprint density at radius 1 is 1.21 bits per heavy atom. The Morgan fingerprint density at radius 3 is 2.67 bits per heavy atom. The number of benzene rings is 2. The molecule has 0 radical (unpaired) electrons. The van der Waals surface area contributed by atoms with Crippen molar-refractivity contribution in [1.29, 1.82) is 0 Å². The Balaban J connectivity index is 0.00000385. The number of hydrogen-bond acceptors (Lipinski definition) is 3. The number of halogens is 4. The van der Waals surface area contributed by atoms with Crippen LogP contribution in [0.4, 0.5) is 4.39 Å². The molecule has 1 heterocycles. The number of imidazole rings is 1. The first-order valence-electron chi connectivity index (χ1n) is 9.85. The molecule has 33 heavy (non-hydrogen) atoms. The van der Waals surface area contributed by atoms with Crippen LogP contribution in [0.5, 0.6) is 5.75 Å². The predicted molar refractivity (Wildman–Crippen MR) is 120 cm³/mol. The molecule has 0 N–H and O–H groups in total. The van der Waals surface area contributed by atoms with E-state index < -0.39 is 0 Å². The first-order valence-corrected chi connectivity index (χ1v) is 10.6. The van der Waals surface area contributed by atoms with Crippen LogP contribution in [0, 0.1) is 17.7 Å². The lowest BCUT2D eigenvalue weighted by molar-refractivity contribution is -0.704. The Morgan fingerprint density at radius 2 is 1.97 bits per heavy atom. The van der Waals surface area contributed by atoms with Crippen molar-refractivity contribution in [3.63, 3.8) is 0 Å². The summed E-state index contributed by atoms with van der Waals surface area (Å²) in [7, 11) is 0. The third-order valence-electron chi connectivity index (χ3n) is 4.54. The number of nitrogens with zero attached hydrogens (tertiary/aromatic N) is 2. The van der Waals surface area contributed by atoms with Crippen molar-refractivity contribution < 1.29 is 35.6 Å². The van der Waals surface area contributed by atoms with Gasteiger partial charge in [0.15, 0.2) is 13.2 Å². The van der Waals surface area contributed by atoms with Crippen LogP contribution in [-0.2, 0) is 22.6 Å². The molecule has 0 aliphatic rings. The van der Waals surface area contributed by atoms with E-state index in [2.05, 4.69) is 11.8 Å². The average Bonchev–Trinajstić information content (AvgIpc) is 3.19. The largest absolute Gasteiger partial charge is 1.00 e. The topological polar surface area (TPSA) is 44.3 Å². The molecular formula is C24H22Cl3FN2O3. The lowest BCUT2D eigenvalue weighted by Gasteiger charge is -2.16. The molecule has 3 aromatic rings. The van der Waals surface area contributed by atoms with Gasteiger partial charge in [-0.3, -0.25) is 4.79 Å². The van der Waals surface area contributed by atoms with Crippen molar-refractivity contribution >= 4 is 29.0 Å². The molecule has 0 spiro atoms. The van der Waals surface area contributed by atoms with E-state index in [0.29, 0.717) is 22.3 Å². The van der Waals surface area contributed by atoms with Crippen LogP contribution in [0.15, 0.2) is 61.2 Å². The second kappa shape index (κ2) is 13.2. The number of ketones is 1. The van der Waals surface area contributed by atoms with Gasteiger partial charge in [0.2, 0.25) is 12.1 Å². The molecule has 0 aliphatic carbocycles.